The van der Waals surface area contributed by atoms with E-state index in [2.05, 4.69) is 37.4 Å². The summed E-state index contributed by atoms with van der Waals surface area (Å²) in [7, 11) is 0. The lowest BCUT2D eigenvalue weighted by Crippen LogP contribution is -1.90. The summed E-state index contributed by atoms with van der Waals surface area (Å²) >= 11 is 5.07. The largest absolute Gasteiger partial charge is 0.477 e. The molecule has 3 rings (SSSR count). The van der Waals surface area contributed by atoms with E-state index in [1.54, 1.807) is 0 Å². The second kappa shape index (κ2) is 11.8. The van der Waals surface area contributed by atoms with Crippen molar-refractivity contribution in [1.29, 1.82) is 0 Å². The van der Waals surface area contributed by atoms with Gasteiger partial charge in [-0.3, -0.25) is 0 Å². The predicted octanol–water partition coefficient (Wildman–Crippen LogP) is 9.15. The van der Waals surface area contributed by atoms with Crippen LogP contribution < -0.4 is 0 Å². The summed E-state index contributed by atoms with van der Waals surface area (Å²) in [4.78, 5) is 17.1. The Morgan fingerprint density at radius 3 is 2.07 bits per heavy atom. The van der Waals surface area contributed by atoms with Gasteiger partial charge in [-0.1, -0.05) is 52.4 Å². The average molecular weight is 461 g/mol. The Morgan fingerprint density at radius 1 is 0.800 bits per heavy atom. The number of aryl methyl sites for hydroxylation is 2. The molecule has 0 atom stereocenters. The van der Waals surface area contributed by atoms with Crippen LogP contribution in [0, 0.1) is 0 Å². The minimum atomic E-state index is -0.814. The molecule has 0 amide bonds. The molecule has 0 aliphatic carbocycles. The van der Waals surface area contributed by atoms with Crippen LogP contribution in [-0.2, 0) is 12.8 Å². The van der Waals surface area contributed by atoms with E-state index in [-0.39, 0.29) is 0 Å². The van der Waals surface area contributed by atoms with Gasteiger partial charge in [0.05, 0.1) is 0 Å². The standard InChI is InChI=1S/C25H32O2S3/c1-3-5-7-9-11-18-15-16-28-23(18)20-13-14-21(29-20)24-19(12-10-8-6-4-2)17-22(30-24)25(26)27/h13-17H,3-12H2,1-2H3,(H,26,27). The minimum Gasteiger partial charge on any atom is -0.477 e. The van der Waals surface area contributed by atoms with E-state index in [1.165, 1.54) is 82.0 Å². The Labute approximate surface area is 192 Å². The fraction of sp³-hybridized carbons (Fsp3) is 0.480. The highest BCUT2D eigenvalue weighted by Gasteiger charge is 2.18. The molecular weight excluding hydrogens is 428 g/mol. The van der Waals surface area contributed by atoms with Gasteiger partial charge in [0.1, 0.15) is 4.88 Å². The summed E-state index contributed by atoms with van der Waals surface area (Å²) in [5.74, 6) is -0.814. The van der Waals surface area contributed by atoms with E-state index >= 15 is 0 Å². The van der Waals surface area contributed by atoms with Crippen LogP contribution in [0.1, 0.15) is 86.0 Å². The monoisotopic (exact) mass is 460 g/mol. The number of carboxylic acids is 1. The number of rotatable bonds is 13. The number of hydrogen-bond acceptors (Lipinski definition) is 4. The van der Waals surface area contributed by atoms with Crippen LogP contribution in [0.15, 0.2) is 29.6 Å². The molecule has 0 unspecified atom stereocenters. The van der Waals surface area contributed by atoms with Gasteiger partial charge in [-0.05, 0) is 66.5 Å². The SMILES string of the molecule is CCCCCCc1ccsc1-c1ccc(-c2sc(C(=O)O)cc2CCCCCC)s1. The van der Waals surface area contributed by atoms with Crippen LogP contribution in [0.5, 0.6) is 0 Å². The third kappa shape index (κ3) is 6.05. The maximum Gasteiger partial charge on any atom is 0.345 e. The quantitative estimate of drug-likeness (QED) is 0.258. The molecule has 162 valence electrons. The molecule has 2 nitrogen and oxygen atoms in total. The van der Waals surface area contributed by atoms with Gasteiger partial charge in [-0.2, -0.15) is 0 Å². The van der Waals surface area contributed by atoms with Crippen LogP contribution in [0.25, 0.3) is 19.5 Å². The minimum absolute atomic E-state index is 0.457. The molecule has 0 aliphatic rings. The van der Waals surface area contributed by atoms with Gasteiger partial charge < -0.3 is 5.11 Å². The molecule has 3 aromatic heterocycles. The molecule has 0 spiro atoms. The van der Waals surface area contributed by atoms with Crippen molar-refractivity contribution in [2.24, 2.45) is 0 Å². The zero-order chi connectivity index (χ0) is 21.3. The molecule has 0 saturated heterocycles. The fourth-order valence-electron chi connectivity index (χ4n) is 3.74. The van der Waals surface area contributed by atoms with E-state index in [9.17, 15) is 9.90 Å². The Kier molecular flexibility index (Phi) is 9.16. The van der Waals surface area contributed by atoms with Gasteiger partial charge >= 0.3 is 5.97 Å². The van der Waals surface area contributed by atoms with Gasteiger partial charge in [0.2, 0.25) is 0 Å². The van der Waals surface area contributed by atoms with Crippen molar-refractivity contribution < 1.29 is 9.90 Å². The normalized spacial score (nSPS) is 11.3. The fourth-order valence-corrected chi connectivity index (χ4v) is 7.06. The maximum absolute atomic E-state index is 11.6. The molecule has 30 heavy (non-hydrogen) atoms. The third-order valence-electron chi connectivity index (χ3n) is 5.42. The zero-order valence-corrected chi connectivity index (χ0v) is 20.5. The summed E-state index contributed by atoms with van der Waals surface area (Å²) < 4.78 is 0. The summed E-state index contributed by atoms with van der Waals surface area (Å²) in [5, 5.41) is 11.7. The molecule has 5 heteroatoms. The van der Waals surface area contributed by atoms with E-state index in [1.807, 2.05) is 28.7 Å². The van der Waals surface area contributed by atoms with Crippen LogP contribution in [-0.4, -0.2) is 11.1 Å². The second-order valence-corrected chi connectivity index (χ2v) is 10.9. The van der Waals surface area contributed by atoms with E-state index < -0.39 is 5.97 Å². The highest BCUT2D eigenvalue weighted by Crippen LogP contribution is 2.43. The van der Waals surface area contributed by atoms with Gasteiger partial charge in [-0.25, -0.2) is 4.79 Å². The van der Waals surface area contributed by atoms with Crippen LogP contribution in [0.4, 0.5) is 0 Å². The molecule has 0 aromatic carbocycles. The van der Waals surface area contributed by atoms with Gasteiger partial charge in [-0.15, -0.1) is 34.0 Å². The van der Waals surface area contributed by atoms with Crippen molar-refractivity contribution in [3.05, 3.63) is 45.6 Å². The maximum atomic E-state index is 11.6. The van der Waals surface area contributed by atoms with Crippen LogP contribution in [0.3, 0.4) is 0 Å². The third-order valence-corrected chi connectivity index (χ3v) is 8.99. The zero-order valence-electron chi connectivity index (χ0n) is 18.0. The van der Waals surface area contributed by atoms with Crippen molar-refractivity contribution >= 4 is 40.0 Å². The first kappa shape index (κ1) is 23.2. The molecule has 3 heterocycles. The van der Waals surface area contributed by atoms with E-state index in [0.717, 1.165) is 24.1 Å². The van der Waals surface area contributed by atoms with Crippen molar-refractivity contribution in [1.82, 2.24) is 0 Å². The van der Waals surface area contributed by atoms with Crippen molar-refractivity contribution in [3.8, 4) is 19.5 Å². The Morgan fingerprint density at radius 2 is 1.43 bits per heavy atom. The van der Waals surface area contributed by atoms with Gasteiger partial charge in [0.25, 0.3) is 0 Å². The number of hydrogen-bond donors (Lipinski definition) is 1. The Bertz CT molecular complexity index is 932. The van der Waals surface area contributed by atoms with Crippen molar-refractivity contribution in [2.75, 3.05) is 0 Å². The lowest BCUT2D eigenvalue weighted by atomic mass is 10.1. The van der Waals surface area contributed by atoms with E-state index in [0.29, 0.717) is 4.88 Å². The number of carboxylic acid groups (broad SMARTS) is 1. The average Bonchev–Trinajstić information content (AvgIpc) is 3.47. The molecule has 0 saturated carbocycles. The Hall–Kier alpha value is -1.43. The summed E-state index contributed by atoms with van der Waals surface area (Å²) in [6, 6.07) is 8.59. The molecule has 0 radical (unpaired) electrons. The highest BCUT2D eigenvalue weighted by atomic mass is 32.1. The van der Waals surface area contributed by atoms with Gasteiger partial charge in [0.15, 0.2) is 0 Å². The molecule has 0 bridgehead atoms. The lowest BCUT2D eigenvalue weighted by molar-refractivity contribution is 0.0702. The smallest absolute Gasteiger partial charge is 0.345 e. The number of aromatic carboxylic acids is 1. The lowest BCUT2D eigenvalue weighted by Gasteiger charge is -2.03. The number of thiophene rings is 3. The number of unbranched alkanes of at least 4 members (excludes halogenated alkanes) is 6. The molecule has 0 fully saturated rings. The summed E-state index contributed by atoms with van der Waals surface area (Å²) in [6.45, 7) is 4.47. The first-order chi connectivity index (χ1) is 14.6. The molecular formula is C25H32O2S3. The predicted molar refractivity (Wildman–Crippen MR) is 134 cm³/mol. The first-order valence-corrected chi connectivity index (χ1v) is 13.7. The Balaban J connectivity index is 1.79. The number of carbonyl (C=O) groups is 1. The molecule has 3 aromatic rings. The molecule has 0 aliphatic heterocycles. The highest BCUT2D eigenvalue weighted by molar-refractivity contribution is 7.26. The van der Waals surface area contributed by atoms with E-state index in [4.69, 9.17) is 0 Å². The first-order valence-electron chi connectivity index (χ1n) is 11.2. The van der Waals surface area contributed by atoms with Gasteiger partial charge in [0, 0.05) is 19.5 Å². The van der Waals surface area contributed by atoms with Crippen molar-refractivity contribution in [2.45, 2.75) is 78.1 Å². The van der Waals surface area contributed by atoms with Crippen molar-refractivity contribution in [3.63, 3.8) is 0 Å². The molecule has 1 N–H and O–H groups in total. The topological polar surface area (TPSA) is 37.3 Å². The van der Waals surface area contributed by atoms with Crippen LogP contribution >= 0.6 is 34.0 Å². The van der Waals surface area contributed by atoms with Crippen LogP contribution in [0.2, 0.25) is 0 Å². The summed E-state index contributed by atoms with van der Waals surface area (Å²) in [6.07, 6.45) is 12.0. The summed E-state index contributed by atoms with van der Waals surface area (Å²) in [5.41, 5.74) is 2.66. The second-order valence-electron chi connectivity index (χ2n) is 7.83.